The standard InChI is InChI=1S/C32H38ClF2N5O3S/c1-18-16-38(31(42)43-32(2,3)4)11-12-39(18)29-23-15-24(33)26(22-6-5-20(34)14-25(22)35)28-27(23)40(30(41)37-29)21(17-44-28)13-19-7-9-36-10-8-19/h5-6,14-15,18-19,21,36H,7-13,16-17H2,1-4H3/t18?,21-/m0/s1. The van der Waals surface area contributed by atoms with E-state index in [4.69, 9.17) is 16.3 Å². The zero-order valence-electron chi connectivity index (χ0n) is 25.5. The number of nitrogens with zero attached hydrogens (tertiary/aromatic N) is 4. The van der Waals surface area contributed by atoms with Crippen molar-refractivity contribution in [3.63, 3.8) is 0 Å². The molecule has 2 saturated heterocycles. The summed E-state index contributed by atoms with van der Waals surface area (Å²) in [5.41, 5.74) is 0.358. The number of anilines is 1. The average molecular weight is 646 g/mol. The van der Waals surface area contributed by atoms with E-state index in [1.807, 2.05) is 32.6 Å². The Morgan fingerprint density at radius 1 is 1.18 bits per heavy atom. The first-order valence-electron chi connectivity index (χ1n) is 15.2. The molecule has 2 aromatic carbocycles. The highest BCUT2D eigenvalue weighted by atomic mass is 35.5. The van der Waals surface area contributed by atoms with E-state index >= 15 is 4.39 Å². The molecule has 6 rings (SSSR count). The quantitative estimate of drug-likeness (QED) is 0.348. The highest BCUT2D eigenvalue weighted by molar-refractivity contribution is 7.99. The van der Waals surface area contributed by atoms with Crippen molar-refractivity contribution in [3.05, 3.63) is 51.4 Å². The van der Waals surface area contributed by atoms with Crippen LogP contribution in [-0.2, 0) is 4.74 Å². The molecule has 0 radical (unpaired) electrons. The first-order valence-corrected chi connectivity index (χ1v) is 16.6. The molecular weight excluding hydrogens is 608 g/mol. The molecule has 1 amide bonds. The van der Waals surface area contributed by atoms with Gasteiger partial charge in [-0.05, 0) is 84.2 Å². The predicted molar refractivity (Wildman–Crippen MR) is 171 cm³/mol. The Hall–Kier alpha value is -2.89. The van der Waals surface area contributed by atoms with Crippen LogP contribution < -0.4 is 15.9 Å². The van der Waals surface area contributed by atoms with Gasteiger partial charge in [0.05, 0.1) is 10.5 Å². The van der Waals surface area contributed by atoms with E-state index < -0.39 is 17.2 Å². The molecule has 3 aliphatic heterocycles. The van der Waals surface area contributed by atoms with Gasteiger partial charge in [-0.25, -0.2) is 18.4 Å². The van der Waals surface area contributed by atoms with Crippen molar-refractivity contribution in [2.45, 2.75) is 69.5 Å². The first-order chi connectivity index (χ1) is 20.9. The molecule has 2 fully saturated rings. The molecule has 8 nitrogen and oxygen atoms in total. The molecule has 44 heavy (non-hydrogen) atoms. The Bertz CT molecular complexity index is 1660. The van der Waals surface area contributed by atoms with Crippen LogP contribution in [0.5, 0.6) is 0 Å². The van der Waals surface area contributed by atoms with Gasteiger partial charge in [-0.2, -0.15) is 4.98 Å². The van der Waals surface area contributed by atoms with Crippen LogP contribution in [0.2, 0.25) is 5.02 Å². The van der Waals surface area contributed by atoms with Crippen LogP contribution in [0.15, 0.2) is 34.0 Å². The number of ether oxygens (including phenoxy) is 1. The largest absolute Gasteiger partial charge is 0.444 e. The second kappa shape index (κ2) is 12.1. The van der Waals surface area contributed by atoms with E-state index in [0.717, 1.165) is 38.4 Å². The van der Waals surface area contributed by atoms with Gasteiger partial charge >= 0.3 is 11.8 Å². The van der Waals surface area contributed by atoms with Crippen molar-refractivity contribution >= 4 is 46.2 Å². The highest BCUT2D eigenvalue weighted by Crippen LogP contribution is 2.49. The summed E-state index contributed by atoms with van der Waals surface area (Å²) in [5.74, 6) is 0.209. The molecule has 0 spiro atoms. The maximum absolute atomic E-state index is 15.2. The van der Waals surface area contributed by atoms with Crippen molar-refractivity contribution in [3.8, 4) is 11.1 Å². The van der Waals surface area contributed by atoms with Crippen LogP contribution >= 0.6 is 23.4 Å². The molecule has 12 heteroatoms. The molecule has 1 N–H and O–H groups in total. The maximum Gasteiger partial charge on any atom is 0.410 e. The predicted octanol–water partition coefficient (Wildman–Crippen LogP) is 6.48. The second-order valence-corrected chi connectivity index (χ2v) is 14.5. The lowest BCUT2D eigenvalue weighted by atomic mass is 9.91. The number of benzene rings is 2. The smallest absolute Gasteiger partial charge is 0.410 e. The van der Waals surface area contributed by atoms with E-state index in [9.17, 15) is 14.0 Å². The molecular formula is C32H38ClF2N5O3S. The van der Waals surface area contributed by atoms with Crippen LogP contribution in [0.4, 0.5) is 19.4 Å². The number of thioether (sulfide) groups is 1. The third kappa shape index (κ3) is 6.02. The van der Waals surface area contributed by atoms with Gasteiger partial charge in [0.25, 0.3) is 0 Å². The van der Waals surface area contributed by atoms with Crippen LogP contribution in [-0.4, -0.2) is 70.7 Å². The van der Waals surface area contributed by atoms with Crippen molar-refractivity contribution in [1.82, 2.24) is 19.8 Å². The van der Waals surface area contributed by atoms with Gasteiger partial charge in [-0.15, -0.1) is 11.8 Å². The molecule has 0 aliphatic carbocycles. The summed E-state index contributed by atoms with van der Waals surface area (Å²) < 4.78 is 36.5. The molecule has 3 aromatic rings. The van der Waals surface area contributed by atoms with Gasteiger partial charge < -0.3 is 19.9 Å². The minimum atomic E-state index is -0.713. The zero-order valence-corrected chi connectivity index (χ0v) is 27.0. The van der Waals surface area contributed by atoms with Gasteiger partial charge in [0, 0.05) is 64.9 Å². The number of amides is 1. The third-order valence-electron chi connectivity index (χ3n) is 8.70. The Balaban J connectivity index is 1.46. The first kappa shape index (κ1) is 31.1. The minimum absolute atomic E-state index is 0.0827. The average Bonchev–Trinajstić information content (AvgIpc) is 2.95. The molecule has 1 aromatic heterocycles. The molecule has 0 saturated carbocycles. The summed E-state index contributed by atoms with van der Waals surface area (Å²) in [7, 11) is 0. The summed E-state index contributed by atoms with van der Waals surface area (Å²) in [5, 5.41) is 4.41. The number of piperazine rings is 1. The van der Waals surface area contributed by atoms with Gasteiger partial charge in [-0.3, -0.25) is 4.57 Å². The van der Waals surface area contributed by atoms with Crippen LogP contribution in [0.3, 0.4) is 0 Å². The highest BCUT2D eigenvalue weighted by Gasteiger charge is 2.35. The molecule has 3 aliphatic rings. The summed E-state index contributed by atoms with van der Waals surface area (Å²) >= 11 is 8.50. The van der Waals surface area contributed by atoms with Crippen molar-refractivity contribution in [2.75, 3.05) is 43.4 Å². The molecule has 0 bridgehead atoms. The Morgan fingerprint density at radius 2 is 1.93 bits per heavy atom. The number of nitrogens with one attached hydrogen (secondary N) is 1. The number of aromatic nitrogens is 2. The van der Waals surface area contributed by atoms with Crippen molar-refractivity contribution < 1.29 is 18.3 Å². The summed E-state index contributed by atoms with van der Waals surface area (Å²) in [6, 6.07) is 4.99. The zero-order chi connectivity index (χ0) is 31.3. The Morgan fingerprint density at radius 3 is 2.61 bits per heavy atom. The number of carbonyl (C=O) groups is 1. The molecule has 2 atom stereocenters. The summed E-state index contributed by atoms with van der Waals surface area (Å²) in [4.78, 5) is 35.9. The van der Waals surface area contributed by atoms with E-state index in [1.165, 1.54) is 12.1 Å². The summed E-state index contributed by atoms with van der Waals surface area (Å²) in [6.45, 7) is 10.7. The van der Waals surface area contributed by atoms with Crippen LogP contribution in [0, 0.1) is 17.6 Å². The molecule has 1 unspecified atom stereocenters. The van der Waals surface area contributed by atoms with Gasteiger partial charge in [-0.1, -0.05) is 11.6 Å². The fourth-order valence-electron chi connectivity index (χ4n) is 6.66. The van der Waals surface area contributed by atoms with Gasteiger partial charge in [0.2, 0.25) is 0 Å². The van der Waals surface area contributed by atoms with Crippen molar-refractivity contribution in [1.29, 1.82) is 0 Å². The third-order valence-corrected chi connectivity index (χ3v) is 10.2. The number of hydrogen-bond donors (Lipinski definition) is 1. The normalized spacial score (nSPS) is 21.2. The van der Waals surface area contributed by atoms with Crippen molar-refractivity contribution in [2.24, 2.45) is 5.92 Å². The Kier molecular flexibility index (Phi) is 8.58. The van der Waals surface area contributed by atoms with E-state index in [2.05, 4.69) is 10.3 Å². The SMILES string of the molecule is CC1CN(C(=O)OC(C)(C)C)CCN1c1nc(=O)n2c3c(c(-c4ccc(F)cc4F)c(Cl)cc13)SC[C@@H]2CC1CCNCC1. The number of halogens is 3. The number of carbonyl (C=O) groups excluding carboxylic acids is 1. The Labute approximate surface area is 265 Å². The lowest BCUT2D eigenvalue weighted by molar-refractivity contribution is 0.0218. The molecule has 236 valence electrons. The minimum Gasteiger partial charge on any atom is -0.444 e. The number of piperidine rings is 1. The fraction of sp³-hybridized carbons (Fsp3) is 0.531. The lowest BCUT2D eigenvalue weighted by Crippen LogP contribution is -2.55. The summed E-state index contributed by atoms with van der Waals surface area (Å²) in [6.07, 6.45) is 2.56. The number of rotatable bonds is 4. The fourth-order valence-corrected chi connectivity index (χ4v) is 8.38. The van der Waals surface area contributed by atoms with E-state index in [0.29, 0.717) is 63.5 Å². The van der Waals surface area contributed by atoms with Gasteiger partial charge in [0.15, 0.2) is 0 Å². The van der Waals surface area contributed by atoms with Crippen LogP contribution in [0.1, 0.15) is 53.0 Å². The number of hydrogen-bond acceptors (Lipinski definition) is 7. The lowest BCUT2D eigenvalue weighted by Gasteiger charge is -2.41. The monoisotopic (exact) mass is 645 g/mol. The van der Waals surface area contributed by atoms with Crippen LogP contribution in [0.25, 0.3) is 22.0 Å². The topological polar surface area (TPSA) is 79.7 Å². The maximum atomic E-state index is 15.2. The van der Waals surface area contributed by atoms with E-state index in [1.54, 1.807) is 27.3 Å². The molecule has 4 heterocycles. The second-order valence-electron chi connectivity index (χ2n) is 13.0. The van der Waals surface area contributed by atoms with Gasteiger partial charge in [0.1, 0.15) is 23.1 Å². The van der Waals surface area contributed by atoms with E-state index in [-0.39, 0.29) is 29.4 Å².